The van der Waals surface area contributed by atoms with Crippen molar-refractivity contribution < 1.29 is 5.21 Å². The molecular formula is C9H15N3O. The lowest BCUT2D eigenvalue weighted by Gasteiger charge is -2.58. The van der Waals surface area contributed by atoms with Crippen molar-refractivity contribution in [2.75, 3.05) is 26.3 Å². The maximum atomic E-state index is 8.99. The molecule has 0 aromatic rings. The van der Waals surface area contributed by atoms with Crippen LogP contribution in [0, 0.1) is 11.3 Å². The lowest BCUT2D eigenvalue weighted by atomic mass is 9.70. The van der Waals surface area contributed by atoms with E-state index in [1.54, 1.807) is 0 Å². The summed E-state index contributed by atoms with van der Waals surface area (Å²) in [4.78, 5) is 4.69. The maximum absolute atomic E-state index is 8.99. The minimum atomic E-state index is 0.119. The van der Waals surface area contributed by atoms with Gasteiger partial charge in [0.15, 0.2) is 5.84 Å². The molecule has 4 heteroatoms. The number of oxime groups is 1. The van der Waals surface area contributed by atoms with Crippen LogP contribution >= 0.6 is 0 Å². The topological polar surface area (TPSA) is 39.1 Å². The van der Waals surface area contributed by atoms with E-state index in [2.05, 4.69) is 21.9 Å². The van der Waals surface area contributed by atoms with Crippen molar-refractivity contribution in [3.05, 3.63) is 0 Å². The van der Waals surface area contributed by atoms with Gasteiger partial charge in [0, 0.05) is 25.0 Å². The van der Waals surface area contributed by atoms with Crippen LogP contribution in [0.25, 0.3) is 0 Å². The Morgan fingerprint density at radius 2 is 2.38 bits per heavy atom. The zero-order valence-electron chi connectivity index (χ0n) is 7.90. The predicted octanol–water partition coefficient (Wildman–Crippen LogP) is 0.389. The summed E-state index contributed by atoms with van der Waals surface area (Å²) in [5.74, 6) is 1.71. The van der Waals surface area contributed by atoms with Gasteiger partial charge in [-0.1, -0.05) is 12.1 Å². The van der Waals surface area contributed by atoms with Gasteiger partial charge < -0.3 is 10.1 Å². The average molecular weight is 181 g/mol. The van der Waals surface area contributed by atoms with Crippen molar-refractivity contribution in [3.63, 3.8) is 0 Å². The predicted molar refractivity (Wildman–Crippen MR) is 48.6 cm³/mol. The second-order valence-corrected chi connectivity index (χ2v) is 4.93. The van der Waals surface area contributed by atoms with Gasteiger partial charge in [0.05, 0.1) is 6.67 Å². The highest BCUT2D eigenvalue weighted by atomic mass is 16.4. The van der Waals surface area contributed by atoms with E-state index in [9.17, 15) is 0 Å². The molecule has 4 aliphatic heterocycles. The van der Waals surface area contributed by atoms with E-state index in [1.165, 1.54) is 13.0 Å². The van der Waals surface area contributed by atoms with Crippen molar-refractivity contribution in [3.8, 4) is 0 Å². The van der Waals surface area contributed by atoms with Crippen molar-refractivity contribution in [2.24, 2.45) is 16.5 Å². The van der Waals surface area contributed by atoms with Crippen molar-refractivity contribution >= 4 is 5.84 Å². The number of hydrogen-bond donors (Lipinski definition) is 1. The van der Waals surface area contributed by atoms with Crippen LogP contribution in [0.1, 0.15) is 13.3 Å². The van der Waals surface area contributed by atoms with Crippen LogP contribution in [-0.2, 0) is 0 Å². The Morgan fingerprint density at radius 1 is 1.54 bits per heavy atom. The molecule has 4 rings (SSSR count). The smallest absolute Gasteiger partial charge is 0.152 e. The Labute approximate surface area is 77.8 Å². The Morgan fingerprint density at radius 3 is 3.00 bits per heavy atom. The van der Waals surface area contributed by atoms with Crippen LogP contribution in [-0.4, -0.2) is 47.1 Å². The number of amidine groups is 1. The van der Waals surface area contributed by atoms with E-state index in [0.717, 1.165) is 31.5 Å². The highest BCUT2D eigenvalue weighted by molar-refractivity contribution is 5.89. The SMILES string of the molecule is CC12CC3CN(CN(C3)/C1=N\O)C2. The third-order valence-electron chi connectivity index (χ3n) is 3.61. The molecule has 13 heavy (non-hydrogen) atoms. The van der Waals surface area contributed by atoms with Crippen LogP contribution in [0.4, 0.5) is 0 Å². The van der Waals surface area contributed by atoms with E-state index in [-0.39, 0.29) is 5.41 Å². The third-order valence-corrected chi connectivity index (χ3v) is 3.61. The molecule has 0 aliphatic carbocycles. The molecule has 1 N–H and O–H groups in total. The van der Waals surface area contributed by atoms with Crippen molar-refractivity contribution in [1.82, 2.24) is 9.80 Å². The van der Waals surface area contributed by atoms with E-state index >= 15 is 0 Å². The van der Waals surface area contributed by atoms with Crippen molar-refractivity contribution in [2.45, 2.75) is 13.3 Å². The maximum Gasteiger partial charge on any atom is 0.152 e. The first-order valence-corrected chi connectivity index (χ1v) is 4.91. The van der Waals surface area contributed by atoms with Gasteiger partial charge >= 0.3 is 0 Å². The zero-order chi connectivity index (χ0) is 9.05. The van der Waals surface area contributed by atoms with E-state index in [1.807, 2.05) is 0 Å². The van der Waals surface area contributed by atoms with Gasteiger partial charge in [-0.15, -0.1) is 0 Å². The lowest BCUT2D eigenvalue weighted by Crippen LogP contribution is -2.69. The molecule has 4 bridgehead atoms. The zero-order valence-corrected chi connectivity index (χ0v) is 7.90. The lowest BCUT2D eigenvalue weighted by molar-refractivity contribution is -0.0336. The fraction of sp³-hybridized carbons (Fsp3) is 0.889. The third kappa shape index (κ3) is 0.866. The summed E-state index contributed by atoms with van der Waals surface area (Å²) in [6.45, 7) is 6.58. The monoisotopic (exact) mass is 181 g/mol. The summed E-state index contributed by atoms with van der Waals surface area (Å²) in [5, 5.41) is 12.5. The summed E-state index contributed by atoms with van der Waals surface area (Å²) < 4.78 is 0. The van der Waals surface area contributed by atoms with Gasteiger partial charge in [-0.05, 0) is 12.3 Å². The van der Waals surface area contributed by atoms with E-state index in [4.69, 9.17) is 5.21 Å². The van der Waals surface area contributed by atoms with Gasteiger partial charge in [0.1, 0.15) is 0 Å². The highest BCUT2D eigenvalue weighted by Crippen LogP contribution is 2.43. The van der Waals surface area contributed by atoms with Gasteiger partial charge in [0.25, 0.3) is 0 Å². The van der Waals surface area contributed by atoms with Gasteiger partial charge in [-0.3, -0.25) is 4.90 Å². The summed E-state index contributed by atoms with van der Waals surface area (Å²) in [5.41, 5.74) is 0.119. The number of piperidine rings is 2. The van der Waals surface area contributed by atoms with Gasteiger partial charge in [-0.25, -0.2) is 0 Å². The molecule has 0 aromatic heterocycles. The second-order valence-electron chi connectivity index (χ2n) is 4.93. The molecule has 4 aliphatic rings. The molecule has 4 saturated heterocycles. The summed E-state index contributed by atoms with van der Waals surface area (Å²) in [7, 11) is 0. The first kappa shape index (κ1) is 7.62. The van der Waals surface area contributed by atoms with Gasteiger partial charge in [-0.2, -0.15) is 0 Å². The molecular weight excluding hydrogens is 166 g/mol. The van der Waals surface area contributed by atoms with E-state index in [0.29, 0.717) is 0 Å². The minimum absolute atomic E-state index is 0.119. The van der Waals surface area contributed by atoms with Crippen LogP contribution in [0.15, 0.2) is 5.16 Å². The molecule has 4 heterocycles. The van der Waals surface area contributed by atoms with Crippen molar-refractivity contribution in [1.29, 1.82) is 0 Å². The standard InChI is InChI=1S/C9H15N3O/c1-9-2-7-3-11(5-9)6-12(4-7)8(9)10-13/h7,13H,2-6H2,1H3/b10-8-. The Hall–Kier alpha value is -0.770. The Bertz CT molecular complexity index is 262. The molecule has 4 fully saturated rings. The van der Waals surface area contributed by atoms with Crippen LogP contribution < -0.4 is 0 Å². The molecule has 0 spiro atoms. The minimum Gasteiger partial charge on any atom is -0.409 e. The van der Waals surface area contributed by atoms with Crippen LogP contribution in [0.3, 0.4) is 0 Å². The summed E-state index contributed by atoms with van der Waals surface area (Å²) in [6, 6.07) is 0. The number of rotatable bonds is 0. The molecule has 4 nitrogen and oxygen atoms in total. The first-order valence-electron chi connectivity index (χ1n) is 4.91. The number of hydrogen-bond acceptors (Lipinski definition) is 3. The quantitative estimate of drug-likeness (QED) is 0.434. The molecule has 0 aromatic carbocycles. The van der Waals surface area contributed by atoms with Gasteiger partial charge in [0.2, 0.25) is 0 Å². The van der Waals surface area contributed by atoms with Crippen LogP contribution in [0.2, 0.25) is 0 Å². The molecule has 3 unspecified atom stereocenters. The first-order chi connectivity index (χ1) is 6.21. The fourth-order valence-corrected chi connectivity index (χ4v) is 3.41. The summed E-state index contributed by atoms with van der Waals surface area (Å²) >= 11 is 0. The number of nitrogens with zero attached hydrogens (tertiary/aromatic N) is 3. The second kappa shape index (κ2) is 2.18. The van der Waals surface area contributed by atoms with E-state index < -0.39 is 0 Å². The van der Waals surface area contributed by atoms with Crippen LogP contribution in [0.5, 0.6) is 0 Å². The fourth-order valence-electron chi connectivity index (χ4n) is 3.41. The highest BCUT2D eigenvalue weighted by Gasteiger charge is 2.51. The molecule has 3 atom stereocenters. The molecule has 0 radical (unpaired) electrons. The normalized spacial score (nSPS) is 50.5. The molecule has 72 valence electrons. The average Bonchev–Trinajstić information content (AvgIpc) is 2.00. The Kier molecular flexibility index (Phi) is 1.28. The molecule has 0 amide bonds. The summed E-state index contributed by atoms with van der Waals surface area (Å²) in [6.07, 6.45) is 1.19. The Balaban J connectivity index is 2.03. The largest absolute Gasteiger partial charge is 0.409 e. The molecule has 0 saturated carbocycles.